The zero-order chi connectivity index (χ0) is 19.4. The number of hydrogen-bond donors (Lipinski definition) is 1. The molecule has 1 rings (SSSR count). The summed E-state index contributed by atoms with van der Waals surface area (Å²) in [5.41, 5.74) is 1.08. The second-order valence-corrected chi connectivity index (χ2v) is 8.01. The van der Waals surface area contributed by atoms with E-state index in [1.165, 1.54) is 0 Å². The topological polar surface area (TPSA) is 68.2 Å². The van der Waals surface area contributed by atoms with Gasteiger partial charge in [0.1, 0.15) is 5.75 Å². The number of aliphatic hydroxyl groups is 1. The van der Waals surface area contributed by atoms with E-state index in [0.29, 0.717) is 31.9 Å². The molecule has 0 aliphatic carbocycles. The first kappa shape index (κ1) is 22.7. The molecule has 26 heavy (non-hydrogen) atoms. The van der Waals surface area contributed by atoms with Gasteiger partial charge in [0, 0.05) is 6.04 Å². The van der Waals surface area contributed by atoms with Gasteiger partial charge in [0.15, 0.2) is 0 Å². The number of terminal acetylenes is 1. The Kier molecular flexibility index (Phi) is 10.6. The smallest absolute Gasteiger partial charge is 0.334 e. The zero-order valence-electron chi connectivity index (χ0n) is 15.9. The van der Waals surface area contributed by atoms with E-state index in [2.05, 4.69) is 5.92 Å². The summed E-state index contributed by atoms with van der Waals surface area (Å²) in [5.74, 6) is 3.27. The number of benzene rings is 1. The van der Waals surface area contributed by atoms with E-state index in [4.69, 9.17) is 20.2 Å². The molecule has 0 aliphatic rings. The Hall–Kier alpha value is -1.35. The number of ether oxygens (including phenoxy) is 1. The molecule has 1 aromatic rings. The quantitative estimate of drug-likeness (QED) is 0.417. The molecule has 146 valence electrons. The summed E-state index contributed by atoms with van der Waals surface area (Å²) in [6.45, 7) is 5.03. The Balaban J connectivity index is 2.54. The van der Waals surface area contributed by atoms with E-state index < -0.39 is 7.60 Å². The lowest BCUT2D eigenvalue weighted by Crippen LogP contribution is -2.36. The van der Waals surface area contributed by atoms with Gasteiger partial charge in [-0.25, -0.2) is 0 Å². The normalized spacial score (nSPS) is 12.8. The third-order valence-corrected chi connectivity index (χ3v) is 5.89. The SMILES string of the molecule is C#CCN(C)[C@H](CO)Cc1ccc(OCCP(=O)(OCC)OCC)cc1. The van der Waals surface area contributed by atoms with E-state index >= 15 is 0 Å². The maximum Gasteiger partial charge on any atom is 0.334 e. The van der Waals surface area contributed by atoms with Crippen LogP contribution in [0.15, 0.2) is 24.3 Å². The summed E-state index contributed by atoms with van der Waals surface area (Å²) in [6, 6.07) is 7.59. The fraction of sp³-hybridized carbons (Fsp3) is 0.579. The molecule has 7 heteroatoms. The average Bonchev–Trinajstić information content (AvgIpc) is 2.61. The van der Waals surface area contributed by atoms with Gasteiger partial charge < -0.3 is 18.9 Å². The van der Waals surface area contributed by atoms with Crippen LogP contribution in [0.1, 0.15) is 19.4 Å². The molecule has 0 aliphatic heterocycles. The molecule has 0 bridgehead atoms. The van der Waals surface area contributed by atoms with Gasteiger partial charge in [0.25, 0.3) is 0 Å². The molecule has 6 nitrogen and oxygen atoms in total. The Morgan fingerprint density at radius 3 is 2.35 bits per heavy atom. The number of likely N-dealkylation sites (N-methyl/N-ethyl adjacent to an activating group) is 1. The fourth-order valence-electron chi connectivity index (χ4n) is 2.46. The first-order valence-corrected chi connectivity index (χ1v) is 10.5. The molecule has 1 atom stereocenters. The minimum atomic E-state index is -3.08. The second kappa shape index (κ2) is 12.1. The average molecular weight is 383 g/mol. The van der Waals surface area contributed by atoms with Gasteiger partial charge in [-0.1, -0.05) is 18.1 Å². The van der Waals surface area contributed by atoms with Crippen molar-refractivity contribution in [2.45, 2.75) is 26.3 Å². The van der Waals surface area contributed by atoms with E-state index in [1.807, 2.05) is 36.2 Å². The standard InChI is InChI=1S/C19H30NO5P/c1-5-12-20(4)18(16-21)15-17-8-10-19(11-9-17)23-13-14-26(22,24-6-2)25-7-3/h1,8-11,18,21H,6-7,12-16H2,2-4H3/t18-/m0/s1. The highest BCUT2D eigenvalue weighted by Crippen LogP contribution is 2.47. The fourth-order valence-corrected chi connectivity index (χ4v) is 3.90. The molecular formula is C19H30NO5P. The minimum absolute atomic E-state index is 0.0268. The lowest BCUT2D eigenvalue weighted by Gasteiger charge is -2.24. The number of rotatable bonds is 13. The van der Waals surface area contributed by atoms with Crippen LogP contribution in [0.4, 0.5) is 0 Å². The van der Waals surface area contributed by atoms with Crippen molar-refractivity contribution in [1.29, 1.82) is 0 Å². The predicted octanol–water partition coefficient (Wildman–Crippen LogP) is 2.80. The van der Waals surface area contributed by atoms with Crippen molar-refractivity contribution in [2.24, 2.45) is 0 Å². The van der Waals surface area contributed by atoms with E-state index in [-0.39, 0.29) is 25.4 Å². The molecule has 0 spiro atoms. The van der Waals surface area contributed by atoms with Crippen LogP contribution >= 0.6 is 7.60 Å². The molecule has 0 radical (unpaired) electrons. The van der Waals surface area contributed by atoms with E-state index in [9.17, 15) is 9.67 Å². The zero-order valence-corrected chi connectivity index (χ0v) is 16.8. The van der Waals surface area contributed by atoms with E-state index in [0.717, 1.165) is 5.56 Å². The molecular weight excluding hydrogens is 353 g/mol. The Morgan fingerprint density at radius 2 is 1.85 bits per heavy atom. The van der Waals surface area contributed by atoms with Crippen LogP contribution in [-0.4, -0.2) is 62.2 Å². The first-order valence-electron chi connectivity index (χ1n) is 8.82. The van der Waals surface area contributed by atoms with Gasteiger partial charge in [-0.3, -0.25) is 9.46 Å². The molecule has 0 amide bonds. The Labute approximate surface area is 157 Å². The van der Waals surface area contributed by atoms with Crippen molar-refractivity contribution in [3.63, 3.8) is 0 Å². The predicted molar refractivity (Wildman–Crippen MR) is 104 cm³/mol. The lowest BCUT2D eigenvalue weighted by atomic mass is 10.1. The molecule has 1 aromatic carbocycles. The number of aliphatic hydroxyl groups excluding tert-OH is 1. The summed E-state index contributed by atoms with van der Waals surface area (Å²) in [5, 5.41) is 9.53. The number of hydrogen-bond acceptors (Lipinski definition) is 6. The van der Waals surface area contributed by atoms with Gasteiger partial charge in [0.05, 0.1) is 39.1 Å². The third-order valence-electron chi connectivity index (χ3n) is 3.85. The Bertz CT molecular complexity index is 589. The summed E-state index contributed by atoms with van der Waals surface area (Å²) in [6.07, 6.45) is 6.22. The van der Waals surface area contributed by atoms with Gasteiger partial charge in [-0.15, -0.1) is 6.42 Å². The van der Waals surface area contributed by atoms with Crippen LogP contribution < -0.4 is 4.74 Å². The summed E-state index contributed by atoms with van der Waals surface area (Å²) >= 11 is 0. The third kappa shape index (κ3) is 7.90. The maximum absolute atomic E-state index is 12.4. The van der Waals surface area contributed by atoms with Gasteiger partial charge >= 0.3 is 7.60 Å². The van der Waals surface area contributed by atoms with Crippen LogP contribution in [0.25, 0.3) is 0 Å². The summed E-state index contributed by atoms with van der Waals surface area (Å²) in [7, 11) is -1.18. The molecule has 1 N–H and O–H groups in total. The highest BCUT2D eigenvalue weighted by Gasteiger charge is 2.23. The summed E-state index contributed by atoms with van der Waals surface area (Å²) < 4.78 is 28.5. The van der Waals surface area contributed by atoms with E-state index in [1.54, 1.807) is 13.8 Å². The molecule has 0 heterocycles. The highest BCUT2D eigenvalue weighted by molar-refractivity contribution is 7.53. The van der Waals surface area contributed by atoms with Gasteiger partial charge in [0.2, 0.25) is 0 Å². The molecule has 0 unspecified atom stereocenters. The maximum atomic E-state index is 12.4. The van der Waals surface area contributed by atoms with Crippen LogP contribution in [0.3, 0.4) is 0 Å². The van der Waals surface area contributed by atoms with Crippen molar-refractivity contribution in [3.05, 3.63) is 29.8 Å². The minimum Gasteiger partial charge on any atom is -0.493 e. The van der Waals surface area contributed by atoms with Crippen molar-refractivity contribution in [3.8, 4) is 18.1 Å². The second-order valence-electron chi connectivity index (χ2n) is 5.82. The number of nitrogens with zero attached hydrogens (tertiary/aromatic N) is 1. The molecule has 0 fully saturated rings. The van der Waals surface area contributed by atoms with Crippen LogP contribution in [0, 0.1) is 12.3 Å². The van der Waals surface area contributed by atoms with Crippen LogP contribution in [-0.2, 0) is 20.0 Å². The van der Waals surface area contributed by atoms with Crippen LogP contribution in [0.5, 0.6) is 5.75 Å². The van der Waals surface area contributed by atoms with Crippen molar-refractivity contribution in [2.75, 3.05) is 46.2 Å². The molecule has 0 saturated heterocycles. The van der Waals surface area contributed by atoms with Gasteiger partial charge in [-0.2, -0.15) is 0 Å². The van der Waals surface area contributed by atoms with Crippen molar-refractivity contribution in [1.82, 2.24) is 4.90 Å². The lowest BCUT2D eigenvalue weighted by molar-refractivity contribution is 0.158. The first-order chi connectivity index (χ1) is 12.5. The van der Waals surface area contributed by atoms with Crippen molar-refractivity contribution < 1.29 is 23.5 Å². The molecule has 0 aromatic heterocycles. The highest BCUT2D eigenvalue weighted by atomic mass is 31.2. The Morgan fingerprint density at radius 1 is 1.23 bits per heavy atom. The van der Waals surface area contributed by atoms with Crippen LogP contribution in [0.2, 0.25) is 0 Å². The monoisotopic (exact) mass is 383 g/mol. The van der Waals surface area contributed by atoms with Gasteiger partial charge in [-0.05, 0) is 45.0 Å². The van der Waals surface area contributed by atoms with Crippen molar-refractivity contribution >= 4 is 7.60 Å². The largest absolute Gasteiger partial charge is 0.493 e. The summed E-state index contributed by atoms with van der Waals surface area (Å²) in [4.78, 5) is 1.95. The molecule has 0 saturated carbocycles.